The zero-order valence-electron chi connectivity index (χ0n) is 13.9. The molecule has 1 amide bonds. The highest BCUT2D eigenvalue weighted by Gasteiger charge is 2.34. The van der Waals surface area contributed by atoms with Crippen LogP contribution in [0.1, 0.15) is 18.4 Å². The monoisotopic (exact) mass is 344 g/mol. The number of thioether (sulfide) groups is 1. The predicted octanol–water partition coefficient (Wildman–Crippen LogP) is 2.50. The molecule has 2 fully saturated rings. The number of amides is 1. The Balaban J connectivity index is 1.44. The van der Waals surface area contributed by atoms with Crippen LogP contribution in [0.5, 0.6) is 5.75 Å². The van der Waals surface area contributed by atoms with Crippen molar-refractivity contribution in [1.82, 2.24) is 9.80 Å². The molecule has 5 heteroatoms. The number of likely N-dealkylation sites (tertiary alicyclic amines) is 1. The van der Waals surface area contributed by atoms with Gasteiger partial charge in [-0.3, -0.25) is 9.69 Å². The van der Waals surface area contributed by atoms with Crippen LogP contribution >= 0.6 is 11.8 Å². The van der Waals surface area contributed by atoms with Gasteiger partial charge in [0.05, 0.1) is 6.04 Å². The van der Waals surface area contributed by atoms with Crippen molar-refractivity contribution in [2.75, 3.05) is 44.3 Å². The summed E-state index contributed by atoms with van der Waals surface area (Å²) >= 11 is 1.95. The fourth-order valence-corrected chi connectivity index (χ4v) is 4.71. The number of para-hydroxylation sites is 1. The number of hydrogen-bond donors (Lipinski definition) is 0. The standard InChI is InChI=1S/C19H24N2O2S/c22-19(20-8-10-24-11-9-20)17-5-3-7-21(17)13-15-12-16-4-1-2-6-18(16)23-14-15/h1-2,4,6,12,17H,3,5,7-11,13-14H2/t17-/m1/s1. The van der Waals surface area contributed by atoms with Crippen LogP contribution in [0.3, 0.4) is 0 Å². The summed E-state index contributed by atoms with van der Waals surface area (Å²) in [6.45, 7) is 4.31. The Bertz CT molecular complexity index is 640. The summed E-state index contributed by atoms with van der Waals surface area (Å²) in [6, 6.07) is 8.21. The Kier molecular flexibility index (Phi) is 4.81. The fourth-order valence-electron chi connectivity index (χ4n) is 3.80. The third-order valence-electron chi connectivity index (χ3n) is 5.07. The second kappa shape index (κ2) is 7.19. The molecule has 1 aromatic carbocycles. The van der Waals surface area contributed by atoms with E-state index in [1.165, 1.54) is 5.57 Å². The average molecular weight is 344 g/mol. The lowest BCUT2D eigenvalue weighted by atomic mass is 10.1. The third kappa shape index (κ3) is 3.33. The Morgan fingerprint density at radius 2 is 2.04 bits per heavy atom. The number of ether oxygens (including phenoxy) is 1. The van der Waals surface area contributed by atoms with E-state index in [-0.39, 0.29) is 6.04 Å². The van der Waals surface area contributed by atoms with Gasteiger partial charge in [0.1, 0.15) is 12.4 Å². The van der Waals surface area contributed by atoms with Gasteiger partial charge < -0.3 is 9.64 Å². The number of benzene rings is 1. The number of carbonyl (C=O) groups is 1. The molecule has 24 heavy (non-hydrogen) atoms. The molecule has 4 nitrogen and oxygen atoms in total. The topological polar surface area (TPSA) is 32.8 Å². The van der Waals surface area contributed by atoms with Gasteiger partial charge in [0, 0.05) is 36.7 Å². The Labute approximate surface area is 147 Å². The van der Waals surface area contributed by atoms with Crippen molar-refractivity contribution in [2.45, 2.75) is 18.9 Å². The number of nitrogens with zero attached hydrogens (tertiary/aromatic N) is 2. The first kappa shape index (κ1) is 16.0. The summed E-state index contributed by atoms with van der Waals surface area (Å²) in [5, 5.41) is 0. The lowest BCUT2D eigenvalue weighted by Gasteiger charge is -2.33. The van der Waals surface area contributed by atoms with Crippen molar-refractivity contribution < 1.29 is 9.53 Å². The summed E-state index contributed by atoms with van der Waals surface area (Å²) < 4.78 is 5.87. The zero-order valence-corrected chi connectivity index (χ0v) is 14.8. The van der Waals surface area contributed by atoms with Crippen LogP contribution in [0.15, 0.2) is 29.8 Å². The quantitative estimate of drug-likeness (QED) is 0.843. The molecule has 0 spiro atoms. The molecule has 0 N–H and O–H groups in total. The molecule has 0 aromatic heterocycles. The van der Waals surface area contributed by atoms with E-state index in [9.17, 15) is 4.79 Å². The molecule has 0 aliphatic carbocycles. The minimum absolute atomic E-state index is 0.0613. The summed E-state index contributed by atoms with van der Waals surface area (Å²) in [5.74, 6) is 3.45. The molecule has 0 saturated carbocycles. The minimum atomic E-state index is 0.0613. The molecule has 4 rings (SSSR count). The van der Waals surface area contributed by atoms with Crippen molar-refractivity contribution in [2.24, 2.45) is 0 Å². The SMILES string of the molecule is O=C([C@H]1CCCN1CC1=Cc2ccccc2OC1)N1CCSCC1. The molecular formula is C19H24N2O2S. The second-order valence-corrected chi connectivity index (χ2v) is 7.92. The van der Waals surface area contributed by atoms with Gasteiger partial charge in [-0.15, -0.1) is 0 Å². The van der Waals surface area contributed by atoms with Gasteiger partial charge in [0.2, 0.25) is 5.91 Å². The smallest absolute Gasteiger partial charge is 0.239 e. The predicted molar refractivity (Wildman–Crippen MR) is 98.4 cm³/mol. The maximum Gasteiger partial charge on any atom is 0.239 e. The molecule has 3 aliphatic heterocycles. The number of hydrogen-bond acceptors (Lipinski definition) is 4. The van der Waals surface area contributed by atoms with Crippen molar-refractivity contribution >= 4 is 23.7 Å². The molecule has 3 heterocycles. The number of carbonyl (C=O) groups excluding carboxylic acids is 1. The van der Waals surface area contributed by atoms with E-state index in [0.29, 0.717) is 12.5 Å². The Morgan fingerprint density at radius 1 is 1.21 bits per heavy atom. The van der Waals surface area contributed by atoms with Crippen molar-refractivity contribution in [1.29, 1.82) is 0 Å². The first-order valence-electron chi connectivity index (χ1n) is 8.83. The Morgan fingerprint density at radius 3 is 2.92 bits per heavy atom. The average Bonchev–Trinajstić information content (AvgIpc) is 3.10. The van der Waals surface area contributed by atoms with E-state index in [0.717, 1.165) is 61.8 Å². The van der Waals surface area contributed by atoms with E-state index in [2.05, 4.69) is 21.9 Å². The fraction of sp³-hybridized carbons (Fsp3) is 0.526. The highest BCUT2D eigenvalue weighted by Crippen LogP contribution is 2.28. The van der Waals surface area contributed by atoms with Gasteiger partial charge in [-0.1, -0.05) is 18.2 Å². The van der Waals surface area contributed by atoms with E-state index in [1.807, 2.05) is 30.0 Å². The molecule has 0 radical (unpaired) electrons. The first-order valence-corrected chi connectivity index (χ1v) is 9.98. The summed E-state index contributed by atoms with van der Waals surface area (Å²) in [7, 11) is 0. The minimum Gasteiger partial charge on any atom is -0.489 e. The van der Waals surface area contributed by atoms with E-state index >= 15 is 0 Å². The Hall–Kier alpha value is -1.46. The van der Waals surface area contributed by atoms with Crippen molar-refractivity contribution in [3.8, 4) is 5.75 Å². The largest absolute Gasteiger partial charge is 0.489 e. The van der Waals surface area contributed by atoms with Crippen LogP contribution in [-0.4, -0.2) is 66.0 Å². The lowest BCUT2D eigenvalue weighted by molar-refractivity contribution is -0.135. The maximum absolute atomic E-state index is 12.9. The molecule has 3 aliphatic rings. The highest BCUT2D eigenvalue weighted by atomic mass is 32.2. The number of fused-ring (bicyclic) bond motifs is 1. The van der Waals surface area contributed by atoms with Gasteiger partial charge in [-0.2, -0.15) is 11.8 Å². The van der Waals surface area contributed by atoms with Crippen molar-refractivity contribution in [3.05, 3.63) is 35.4 Å². The van der Waals surface area contributed by atoms with Crippen LogP contribution in [0, 0.1) is 0 Å². The van der Waals surface area contributed by atoms with Crippen LogP contribution in [0.2, 0.25) is 0 Å². The lowest BCUT2D eigenvalue weighted by Crippen LogP contribution is -2.49. The molecular weight excluding hydrogens is 320 g/mol. The third-order valence-corrected chi connectivity index (χ3v) is 6.01. The first-order chi connectivity index (χ1) is 11.8. The van der Waals surface area contributed by atoms with Crippen LogP contribution in [0.4, 0.5) is 0 Å². The second-order valence-electron chi connectivity index (χ2n) is 6.70. The summed E-state index contributed by atoms with van der Waals surface area (Å²) in [5.41, 5.74) is 2.41. The van der Waals surface area contributed by atoms with E-state index in [1.54, 1.807) is 0 Å². The van der Waals surface area contributed by atoms with Crippen LogP contribution < -0.4 is 4.74 Å². The van der Waals surface area contributed by atoms with Crippen LogP contribution in [-0.2, 0) is 4.79 Å². The summed E-state index contributed by atoms with van der Waals surface area (Å²) in [4.78, 5) is 17.3. The molecule has 0 bridgehead atoms. The highest BCUT2D eigenvalue weighted by molar-refractivity contribution is 7.99. The van der Waals surface area contributed by atoms with Crippen LogP contribution in [0.25, 0.3) is 6.08 Å². The van der Waals surface area contributed by atoms with Gasteiger partial charge in [-0.25, -0.2) is 0 Å². The van der Waals surface area contributed by atoms with Gasteiger partial charge in [0.25, 0.3) is 0 Å². The van der Waals surface area contributed by atoms with Crippen molar-refractivity contribution in [3.63, 3.8) is 0 Å². The normalized spacial score (nSPS) is 24.2. The molecule has 2 saturated heterocycles. The van der Waals surface area contributed by atoms with E-state index < -0.39 is 0 Å². The molecule has 1 aromatic rings. The maximum atomic E-state index is 12.9. The van der Waals surface area contributed by atoms with Gasteiger partial charge in [0.15, 0.2) is 0 Å². The summed E-state index contributed by atoms with van der Waals surface area (Å²) in [6.07, 6.45) is 4.34. The zero-order chi connectivity index (χ0) is 16.4. The number of rotatable bonds is 3. The molecule has 128 valence electrons. The van der Waals surface area contributed by atoms with E-state index in [4.69, 9.17) is 4.74 Å². The van der Waals surface area contributed by atoms with Gasteiger partial charge >= 0.3 is 0 Å². The molecule has 0 unspecified atom stereocenters. The molecule has 1 atom stereocenters. The van der Waals surface area contributed by atoms with Gasteiger partial charge in [-0.05, 0) is 37.1 Å².